The second kappa shape index (κ2) is 9.41. The lowest BCUT2D eigenvalue weighted by Crippen LogP contribution is -2.27. The summed E-state index contributed by atoms with van der Waals surface area (Å²) in [6.45, 7) is 7.31. The van der Waals surface area contributed by atoms with Crippen LogP contribution in [0.2, 0.25) is 0 Å². The predicted molar refractivity (Wildman–Crippen MR) is 117 cm³/mol. The molecule has 156 valence electrons. The number of sulfonamides is 1. The second-order valence-corrected chi connectivity index (χ2v) is 9.15. The monoisotopic (exact) mass is 415 g/mol. The largest absolute Gasteiger partial charge is 0.372 e. The fraction of sp³-hybridized carbons (Fsp3) is 0.409. The van der Waals surface area contributed by atoms with Gasteiger partial charge in [0.1, 0.15) is 0 Å². The molecule has 1 fully saturated rings. The number of carbonyl (C=O) groups excluding carboxylic acids is 1. The van der Waals surface area contributed by atoms with Gasteiger partial charge in [-0.25, -0.2) is 8.42 Å². The van der Waals surface area contributed by atoms with Crippen LogP contribution in [0, 0.1) is 0 Å². The molecule has 0 atom stereocenters. The SMILES string of the molecule is CCCN(CC)c1ccc(C(=O)Nc2ccc(S(=O)(=O)N3CCCC3)cc2)cc1. The number of rotatable bonds is 8. The van der Waals surface area contributed by atoms with Crippen LogP contribution >= 0.6 is 0 Å². The molecule has 1 N–H and O–H groups in total. The summed E-state index contributed by atoms with van der Waals surface area (Å²) in [5, 5.41) is 2.83. The molecule has 0 radical (unpaired) electrons. The van der Waals surface area contributed by atoms with Gasteiger partial charge in [-0.2, -0.15) is 4.31 Å². The van der Waals surface area contributed by atoms with Crippen molar-refractivity contribution >= 4 is 27.3 Å². The Kier molecular flexibility index (Phi) is 6.92. The van der Waals surface area contributed by atoms with Gasteiger partial charge in [-0.1, -0.05) is 6.92 Å². The highest BCUT2D eigenvalue weighted by atomic mass is 32.2. The summed E-state index contributed by atoms with van der Waals surface area (Å²) in [6.07, 6.45) is 2.88. The number of amides is 1. The first-order chi connectivity index (χ1) is 14.0. The molecule has 0 aliphatic carbocycles. The maximum absolute atomic E-state index is 12.6. The molecule has 1 aliphatic rings. The summed E-state index contributed by atoms with van der Waals surface area (Å²) >= 11 is 0. The van der Waals surface area contributed by atoms with E-state index >= 15 is 0 Å². The van der Waals surface area contributed by atoms with Crippen molar-refractivity contribution in [1.29, 1.82) is 0 Å². The van der Waals surface area contributed by atoms with E-state index in [2.05, 4.69) is 24.1 Å². The molecule has 2 aromatic carbocycles. The molecule has 29 heavy (non-hydrogen) atoms. The molecule has 6 nitrogen and oxygen atoms in total. The number of carbonyl (C=O) groups is 1. The van der Waals surface area contributed by atoms with Crippen molar-refractivity contribution < 1.29 is 13.2 Å². The van der Waals surface area contributed by atoms with E-state index in [1.54, 1.807) is 24.3 Å². The molecule has 0 saturated carbocycles. The van der Waals surface area contributed by atoms with Crippen molar-refractivity contribution in [3.8, 4) is 0 Å². The van der Waals surface area contributed by atoms with Crippen LogP contribution in [0.4, 0.5) is 11.4 Å². The second-order valence-electron chi connectivity index (χ2n) is 7.22. The van der Waals surface area contributed by atoms with Gasteiger partial charge in [-0.15, -0.1) is 0 Å². The smallest absolute Gasteiger partial charge is 0.255 e. The van der Waals surface area contributed by atoms with Gasteiger partial charge in [0.2, 0.25) is 10.0 Å². The van der Waals surface area contributed by atoms with Gasteiger partial charge < -0.3 is 10.2 Å². The number of nitrogens with one attached hydrogen (secondary N) is 1. The van der Waals surface area contributed by atoms with Gasteiger partial charge in [-0.3, -0.25) is 4.79 Å². The fourth-order valence-electron chi connectivity index (χ4n) is 3.55. The summed E-state index contributed by atoms with van der Waals surface area (Å²) in [7, 11) is -3.44. The Labute approximate surface area is 173 Å². The molecule has 1 aliphatic heterocycles. The normalized spacial score (nSPS) is 14.7. The van der Waals surface area contributed by atoms with Crippen LogP contribution in [0.5, 0.6) is 0 Å². The Bertz CT molecular complexity index is 919. The van der Waals surface area contributed by atoms with Crippen molar-refractivity contribution in [2.75, 3.05) is 36.4 Å². The molecule has 2 aromatic rings. The molecule has 1 amide bonds. The van der Waals surface area contributed by atoms with E-state index in [4.69, 9.17) is 0 Å². The Morgan fingerprint density at radius 2 is 1.62 bits per heavy atom. The lowest BCUT2D eigenvalue weighted by molar-refractivity contribution is 0.102. The van der Waals surface area contributed by atoms with E-state index < -0.39 is 10.0 Å². The topological polar surface area (TPSA) is 69.7 Å². The molecule has 3 rings (SSSR count). The number of hydrogen-bond acceptors (Lipinski definition) is 4. The first-order valence-corrected chi connectivity index (χ1v) is 11.7. The first-order valence-electron chi connectivity index (χ1n) is 10.2. The third-order valence-corrected chi connectivity index (χ3v) is 7.10. The zero-order chi connectivity index (χ0) is 20.9. The maximum Gasteiger partial charge on any atom is 0.255 e. The summed E-state index contributed by atoms with van der Waals surface area (Å²) < 4.78 is 26.7. The standard InChI is InChI=1S/C22H29N3O3S/c1-3-15-24(4-2)20-11-7-18(8-12-20)22(26)23-19-9-13-21(14-10-19)29(27,28)25-16-5-6-17-25/h7-14H,3-6,15-17H2,1-2H3,(H,23,26). The predicted octanol–water partition coefficient (Wildman–Crippen LogP) is 3.96. The summed E-state index contributed by atoms with van der Waals surface area (Å²) in [6, 6.07) is 13.9. The van der Waals surface area contributed by atoms with Gasteiger partial charge in [0.15, 0.2) is 0 Å². The zero-order valence-corrected chi connectivity index (χ0v) is 17.9. The molecule has 0 aromatic heterocycles. The summed E-state index contributed by atoms with van der Waals surface area (Å²) in [5.41, 5.74) is 2.23. The van der Waals surface area contributed by atoms with Crippen molar-refractivity contribution in [2.45, 2.75) is 38.0 Å². The van der Waals surface area contributed by atoms with Gasteiger partial charge in [0.05, 0.1) is 4.90 Å². The highest BCUT2D eigenvalue weighted by molar-refractivity contribution is 7.89. The van der Waals surface area contributed by atoms with Gasteiger partial charge in [0.25, 0.3) is 5.91 Å². The van der Waals surface area contributed by atoms with Gasteiger partial charge in [0, 0.05) is 43.1 Å². The Balaban J connectivity index is 1.66. The molecular formula is C22H29N3O3S. The van der Waals surface area contributed by atoms with Crippen molar-refractivity contribution in [1.82, 2.24) is 4.31 Å². The third kappa shape index (κ3) is 4.97. The van der Waals surface area contributed by atoms with Crippen molar-refractivity contribution in [3.05, 3.63) is 54.1 Å². The van der Waals surface area contributed by atoms with Gasteiger partial charge >= 0.3 is 0 Å². The minimum Gasteiger partial charge on any atom is -0.372 e. The Morgan fingerprint density at radius 3 is 2.17 bits per heavy atom. The number of benzene rings is 2. The average molecular weight is 416 g/mol. The lowest BCUT2D eigenvalue weighted by Gasteiger charge is -2.22. The van der Waals surface area contributed by atoms with Crippen molar-refractivity contribution in [2.24, 2.45) is 0 Å². The van der Waals surface area contributed by atoms with E-state index in [9.17, 15) is 13.2 Å². The highest BCUT2D eigenvalue weighted by Crippen LogP contribution is 2.23. The van der Waals surface area contributed by atoms with Crippen LogP contribution in [-0.4, -0.2) is 44.8 Å². The lowest BCUT2D eigenvalue weighted by atomic mass is 10.1. The Hall–Kier alpha value is -2.38. The zero-order valence-electron chi connectivity index (χ0n) is 17.1. The van der Waals surface area contributed by atoms with E-state index in [1.807, 2.05) is 24.3 Å². The molecule has 7 heteroatoms. The van der Waals surface area contributed by atoms with Crippen LogP contribution in [-0.2, 0) is 10.0 Å². The van der Waals surface area contributed by atoms with Crippen LogP contribution in [0.15, 0.2) is 53.4 Å². The Morgan fingerprint density at radius 1 is 1.00 bits per heavy atom. The number of nitrogens with zero attached hydrogens (tertiary/aromatic N) is 2. The molecule has 0 spiro atoms. The summed E-state index contributed by atoms with van der Waals surface area (Å²) in [5.74, 6) is -0.217. The van der Waals surface area contributed by atoms with Gasteiger partial charge in [-0.05, 0) is 74.7 Å². The van der Waals surface area contributed by atoms with E-state index in [-0.39, 0.29) is 10.8 Å². The van der Waals surface area contributed by atoms with Crippen LogP contribution < -0.4 is 10.2 Å². The summed E-state index contributed by atoms with van der Waals surface area (Å²) in [4.78, 5) is 15.1. The maximum atomic E-state index is 12.6. The molecule has 0 bridgehead atoms. The fourth-order valence-corrected chi connectivity index (χ4v) is 5.07. The molecular weight excluding hydrogens is 386 g/mol. The number of hydrogen-bond donors (Lipinski definition) is 1. The van der Waals surface area contributed by atoms with E-state index in [0.29, 0.717) is 24.3 Å². The number of anilines is 2. The van der Waals surface area contributed by atoms with Crippen molar-refractivity contribution in [3.63, 3.8) is 0 Å². The highest BCUT2D eigenvalue weighted by Gasteiger charge is 2.26. The molecule has 1 heterocycles. The van der Waals surface area contributed by atoms with Crippen LogP contribution in [0.3, 0.4) is 0 Å². The minimum atomic E-state index is -3.44. The third-order valence-electron chi connectivity index (χ3n) is 5.18. The minimum absolute atomic E-state index is 0.217. The first kappa shape index (κ1) is 21.3. The van der Waals surface area contributed by atoms with Crippen LogP contribution in [0.1, 0.15) is 43.5 Å². The quantitative estimate of drug-likeness (QED) is 0.708. The van der Waals surface area contributed by atoms with E-state index in [0.717, 1.165) is 38.0 Å². The van der Waals surface area contributed by atoms with E-state index in [1.165, 1.54) is 4.31 Å². The molecule has 0 unspecified atom stereocenters. The molecule has 1 saturated heterocycles. The average Bonchev–Trinajstić information content (AvgIpc) is 3.28. The van der Waals surface area contributed by atoms with Crippen LogP contribution in [0.25, 0.3) is 0 Å².